The Bertz CT molecular complexity index is 733. The number of pyridine rings is 1. The zero-order valence-electron chi connectivity index (χ0n) is 9.94. The van der Waals surface area contributed by atoms with Crippen LogP contribution in [0.3, 0.4) is 0 Å². The first-order valence-electron chi connectivity index (χ1n) is 5.63. The molecule has 0 aromatic carbocycles. The molecule has 0 aliphatic heterocycles. The highest BCUT2D eigenvalue weighted by Crippen LogP contribution is 2.29. The minimum Gasteiger partial charge on any atom is -0.464 e. The molecular formula is C12H8F3N3O2. The van der Waals surface area contributed by atoms with E-state index in [1.54, 1.807) is 12.1 Å². The largest absolute Gasteiger partial charge is 0.464 e. The summed E-state index contributed by atoms with van der Waals surface area (Å²) >= 11 is 0. The number of halogens is 3. The average molecular weight is 283 g/mol. The molecule has 0 saturated heterocycles. The van der Waals surface area contributed by atoms with Crippen molar-refractivity contribution in [1.29, 1.82) is 0 Å². The van der Waals surface area contributed by atoms with Gasteiger partial charge in [-0.15, -0.1) is 0 Å². The number of alkyl halides is 3. The van der Waals surface area contributed by atoms with E-state index in [4.69, 9.17) is 4.42 Å². The lowest BCUT2D eigenvalue weighted by Gasteiger charge is -2.03. The molecule has 3 aromatic rings. The Morgan fingerprint density at radius 1 is 1.25 bits per heavy atom. The third-order valence-corrected chi connectivity index (χ3v) is 2.66. The predicted molar refractivity (Wildman–Crippen MR) is 62.8 cm³/mol. The molecule has 0 fully saturated rings. The van der Waals surface area contributed by atoms with Gasteiger partial charge >= 0.3 is 6.18 Å². The molecule has 3 aromatic heterocycles. The first-order valence-corrected chi connectivity index (χ1v) is 5.63. The van der Waals surface area contributed by atoms with Crippen molar-refractivity contribution in [2.24, 2.45) is 0 Å². The monoisotopic (exact) mass is 283 g/mol. The molecule has 0 aliphatic rings. The van der Waals surface area contributed by atoms with Crippen LogP contribution in [0.4, 0.5) is 19.0 Å². The molecule has 1 N–H and O–H groups in total. The van der Waals surface area contributed by atoms with E-state index in [1.165, 1.54) is 12.5 Å². The normalized spacial score (nSPS) is 11.9. The van der Waals surface area contributed by atoms with Crippen LogP contribution in [0, 0.1) is 0 Å². The van der Waals surface area contributed by atoms with Gasteiger partial charge in [0.05, 0.1) is 18.2 Å². The Hall–Kier alpha value is -2.51. The molecule has 0 bridgehead atoms. The molecule has 20 heavy (non-hydrogen) atoms. The molecule has 0 unspecified atom stereocenters. The summed E-state index contributed by atoms with van der Waals surface area (Å²) in [5.41, 5.74) is -0.417. The number of fused-ring (bicyclic) bond motifs is 1. The quantitative estimate of drug-likeness (QED) is 0.797. The Morgan fingerprint density at radius 3 is 2.85 bits per heavy atom. The van der Waals surface area contributed by atoms with Crippen LogP contribution < -0.4 is 5.32 Å². The third kappa shape index (κ3) is 2.31. The lowest BCUT2D eigenvalue weighted by Crippen LogP contribution is -2.04. The summed E-state index contributed by atoms with van der Waals surface area (Å²) in [7, 11) is 0. The van der Waals surface area contributed by atoms with Crippen molar-refractivity contribution in [3.8, 4) is 0 Å². The maximum Gasteiger partial charge on any atom is 0.436 e. The zero-order valence-corrected chi connectivity index (χ0v) is 9.94. The van der Waals surface area contributed by atoms with Gasteiger partial charge in [0.2, 0.25) is 0 Å². The number of hydrogen-bond acceptors (Lipinski definition) is 5. The number of rotatable bonds is 3. The molecule has 8 heteroatoms. The molecule has 5 nitrogen and oxygen atoms in total. The molecule has 0 aliphatic carbocycles. The predicted octanol–water partition coefficient (Wildman–Crippen LogP) is 3.45. The molecule has 0 atom stereocenters. The molecule has 3 rings (SSSR count). The van der Waals surface area contributed by atoms with E-state index in [2.05, 4.69) is 20.0 Å². The number of furan rings is 1. The van der Waals surface area contributed by atoms with E-state index in [-0.39, 0.29) is 12.3 Å². The smallest absolute Gasteiger partial charge is 0.436 e. The van der Waals surface area contributed by atoms with Gasteiger partial charge in [0, 0.05) is 12.3 Å². The molecule has 0 amide bonds. The van der Waals surface area contributed by atoms with Crippen molar-refractivity contribution in [3.05, 3.63) is 42.1 Å². The summed E-state index contributed by atoms with van der Waals surface area (Å²) in [4.78, 5) is 4.09. The van der Waals surface area contributed by atoms with Crippen LogP contribution in [0.2, 0.25) is 0 Å². The lowest BCUT2D eigenvalue weighted by molar-refractivity contribution is -0.142. The molecule has 104 valence electrons. The van der Waals surface area contributed by atoms with Gasteiger partial charge in [-0.05, 0) is 12.1 Å². The van der Waals surface area contributed by atoms with E-state index in [0.29, 0.717) is 11.4 Å². The number of nitrogens with zero attached hydrogens (tertiary/aromatic N) is 2. The second-order valence-corrected chi connectivity index (χ2v) is 4.02. The van der Waals surface area contributed by atoms with Crippen molar-refractivity contribution in [1.82, 2.24) is 10.1 Å². The number of hydrogen-bond donors (Lipinski definition) is 1. The Morgan fingerprint density at radius 2 is 2.10 bits per heavy atom. The van der Waals surface area contributed by atoms with Gasteiger partial charge in [-0.25, -0.2) is 4.98 Å². The van der Waals surface area contributed by atoms with Gasteiger partial charge in [0.1, 0.15) is 11.4 Å². The molecule has 0 saturated carbocycles. The fraction of sp³-hybridized carbons (Fsp3) is 0.167. The van der Waals surface area contributed by atoms with Gasteiger partial charge in [-0.3, -0.25) is 0 Å². The summed E-state index contributed by atoms with van der Waals surface area (Å²) in [6, 6.07) is 4.26. The summed E-state index contributed by atoms with van der Waals surface area (Å²) in [6.45, 7) is 0.0420. The number of nitrogens with one attached hydrogen (secondary N) is 1. The van der Waals surface area contributed by atoms with Crippen molar-refractivity contribution in [3.63, 3.8) is 0 Å². The minimum atomic E-state index is -4.51. The number of anilines is 1. The van der Waals surface area contributed by atoms with E-state index in [9.17, 15) is 13.2 Å². The fourth-order valence-electron chi connectivity index (χ4n) is 1.74. The fourth-order valence-corrected chi connectivity index (χ4v) is 1.74. The van der Waals surface area contributed by atoms with Crippen LogP contribution in [0.1, 0.15) is 11.5 Å². The molecule has 3 heterocycles. The Kier molecular flexibility index (Phi) is 2.85. The summed E-state index contributed by atoms with van der Waals surface area (Å²) < 4.78 is 46.9. The van der Waals surface area contributed by atoms with Gasteiger partial charge < -0.3 is 14.3 Å². The van der Waals surface area contributed by atoms with Gasteiger partial charge in [-0.1, -0.05) is 5.16 Å². The minimum absolute atomic E-state index is 0.0420. The molecule has 0 radical (unpaired) electrons. The van der Waals surface area contributed by atoms with E-state index < -0.39 is 11.9 Å². The van der Waals surface area contributed by atoms with Crippen LogP contribution in [0.5, 0.6) is 0 Å². The molecule has 0 spiro atoms. The second kappa shape index (κ2) is 4.55. The van der Waals surface area contributed by atoms with Gasteiger partial charge in [0.25, 0.3) is 0 Å². The maximum atomic E-state index is 12.4. The van der Waals surface area contributed by atoms with Crippen LogP contribution in [0.25, 0.3) is 11.0 Å². The second-order valence-electron chi connectivity index (χ2n) is 4.02. The SMILES string of the molecule is FC(F)(F)c1cc(CNc2nccc3occc23)on1. The van der Waals surface area contributed by atoms with E-state index in [1.807, 2.05) is 0 Å². The highest BCUT2D eigenvalue weighted by Gasteiger charge is 2.34. The third-order valence-electron chi connectivity index (χ3n) is 2.66. The topological polar surface area (TPSA) is 64.1 Å². The summed E-state index contributed by atoms with van der Waals surface area (Å²) in [5.74, 6) is 0.570. The van der Waals surface area contributed by atoms with Crippen LogP contribution >= 0.6 is 0 Å². The van der Waals surface area contributed by atoms with Crippen molar-refractivity contribution >= 4 is 16.8 Å². The van der Waals surface area contributed by atoms with Crippen molar-refractivity contribution in [2.45, 2.75) is 12.7 Å². The van der Waals surface area contributed by atoms with E-state index >= 15 is 0 Å². The first-order chi connectivity index (χ1) is 9.54. The lowest BCUT2D eigenvalue weighted by atomic mass is 10.3. The molecular weight excluding hydrogens is 275 g/mol. The maximum absolute atomic E-state index is 12.4. The summed E-state index contributed by atoms with van der Waals surface area (Å²) in [6.07, 6.45) is -1.46. The Labute approximate surface area is 110 Å². The summed E-state index contributed by atoms with van der Waals surface area (Å²) in [5, 5.41) is 6.59. The first kappa shape index (κ1) is 12.5. The standard InChI is InChI=1S/C12H8F3N3O2/c13-12(14,15)10-5-7(20-18-10)6-17-11-8-2-4-19-9(8)1-3-16-11/h1-5H,6H2,(H,16,17). The number of aromatic nitrogens is 2. The van der Waals surface area contributed by atoms with Crippen molar-refractivity contribution < 1.29 is 22.1 Å². The van der Waals surface area contributed by atoms with E-state index in [0.717, 1.165) is 11.5 Å². The highest BCUT2D eigenvalue weighted by atomic mass is 19.4. The van der Waals surface area contributed by atoms with Gasteiger partial charge in [0.15, 0.2) is 11.5 Å². The zero-order chi connectivity index (χ0) is 14.2. The Balaban J connectivity index is 1.76. The van der Waals surface area contributed by atoms with Crippen LogP contribution in [0.15, 0.2) is 39.6 Å². The van der Waals surface area contributed by atoms with Gasteiger partial charge in [-0.2, -0.15) is 13.2 Å². The highest BCUT2D eigenvalue weighted by molar-refractivity contribution is 5.87. The van der Waals surface area contributed by atoms with Crippen LogP contribution in [-0.4, -0.2) is 10.1 Å². The average Bonchev–Trinajstić information content (AvgIpc) is 3.04. The van der Waals surface area contributed by atoms with Crippen molar-refractivity contribution in [2.75, 3.05) is 5.32 Å². The van der Waals surface area contributed by atoms with Crippen LogP contribution in [-0.2, 0) is 12.7 Å².